The number of hydrogen-bond acceptors (Lipinski definition) is 5. The summed E-state index contributed by atoms with van der Waals surface area (Å²) in [4.78, 5) is 28.3. The number of fused-ring (bicyclic) bond motifs is 1. The fourth-order valence-corrected chi connectivity index (χ4v) is 3.67. The third-order valence-electron chi connectivity index (χ3n) is 4.17. The largest absolute Gasteiger partial charge is 0.465 e. The number of hydrogen-bond donors (Lipinski definition) is 2. The van der Waals surface area contributed by atoms with Crippen molar-refractivity contribution >= 4 is 44.3 Å². The van der Waals surface area contributed by atoms with Crippen molar-refractivity contribution in [2.45, 2.75) is 45.7 Å². The van der Waals surface area contributed by atoms with Gasteiger partial charge >= 0.3 is 11.8 Å². The molecule has 1 aromatic heterocycles. The van der Waals surface area contributed by atoms with Gasteiger partial charge in [0.05, 0.1) is 16.0 Å². The van der Waals surface area contributed by atoms with Crippen molar-refractivity contribution in [1.82, 2.24) is 9.88 Å². The Bertz CT molecular complexity index is 893. The molecule has 1 amide bonds. The number of nitrogens with one attached hydrogen (secondary N) is 1. The van der Waals surface area contributed by atoms with E-state index < -0.39 is 22.1 Å². The van der Waals surface area contributed by atoms with Crippen LogP contribution in [0.5, 0.6) is 0 Å². The Kier molecular flexibility index (Phi) is 5.65. The number of carbonyl (C=O) groups is 1. The molecule has 0 saturated heterocycles. The quantitative estimate of drug-likeness (QED) is 0.508. The van der Waals surface area contributed by atoms with Crippen LogP contribution in [0.3, 0.4) is 0 Å². The summed E-state index contributed by atoms with van der Waals surface area (Å²) in [5.74, 6) is 0. The maximum atomic E-state index is 11.8. The maximum absolute atomic E-state index is 11.8. The van der Waals surface area contributed by atoms with Crippen LogP contribution in [0.1, 0.15) is 34.6 Å². The molecule has 2 rings (SSSR count). The number of amides is 1. The normalized spacial score (nSPS) is 12.1. The molecule has 0 fully saturated rings. The fourth-order valence-electron chi connectivity index (χ4n) is 3.32. The van der Waals surface area contributed by atoms with Gasteiger partial charge in [0.15, 0.2) is 0 Å². The predicted molar refractivity (Wildman–Crippen MR) is 108 cm³/mol. The molecule has 1 heterocycles. The second kappa shape index (κ2) is 7.30. The topological polar surface area (TPSA) is 109 Å². The number of anilines is 1. The Morgan fingerprint density at radius 1 is 1.33 bits per heavy atom. The van der Waals surface area contributed by atoms with E-state index in [2.05, 4.69) is 26.2 Å². The molecule has 0 aliphatic heterocycles. The molecule has 0 saturated carbocycles. The van der Waals surface area contributed by atoms with Crippen LogP contribution in [0, 0.1) is 10.1 Å². The minimum Gasteiger partial charge on any atom is -0.465 e. The van der Waals surface area contributed by atoms with Crippen molar-refractivity contribution in [3.8, 4) is 0 Å². The summed E-state index contributed by atoms with van der Waals surface area (Å²) in [6, 6.07) is 5.30. The number of nitrogens with zero attached hydrogens (tertiary/aromatic N) is 3. The van der Waals surface area contributed by atoms with Gasteiger partial charge in [0, 0.05) is 21.9 Å². The molecule has 2 aromatic rings. The molecule has 0 aliphatic rings. The van der Waals surface area contributed by atoms with Gasteiger partial charge in [0.1, 0.15) is 11.9 Å². The summed E-state index contributed by atoms with van der Waals surface area (Å²) in [5.41, 5.74) is -0.680. The Labute approximate surface area is 165 Å². The van der Waals surface area contributed by atoms with Gasteiger partial charge in [-0.1, -0.05) is 15.9 Å². The van der Waals surface area contributed by atoms with E-state index in [1.165, 1.54) is 11.1 Å². The third kappa shape index (κ3) is 4.47. The van der Waals surface area contributed by atoms with Crippen molar-refractivity contribution in [2.75, 3.05) is 11.9 Å². The first-order valence-electron chi connectivity index (χ1n) is 8.34. The average molecular weight is 439 g/mol. The van der Waals surface area contributed by atoms with Crippen molar-refractivity contribution in [2.24, 2.45) is 0 Å². The lowest BCUT2D eigenvalue weighted by molar-refractivity contribution is -0.384. The minimum atomic E-state index is -1.05. The molecule has 2 N–H and O–H groups in total. The summed E-state index contributed by atoms with van der Waals surface area (Å²) < 4.78 is 0.812. The first kappa shape index (κ1) is 20.9. The highest BCUT2D eigenvalue weighted by Gasteiger charge is 2.39. The van der Waals surface area contributed by atoms with Crippen molar-refractivity contribution in [3.63, 3.8) is 0 Å². The summed E-state index contributed by atoms with van der Waals surface area (Å²) in [6.07, 6.45) is 0.162. The summed E-state index contributed by atoms with van der Waals surface area (Å²) in [6.45, 7) is 9.18. The number of halogens is 1. The Hall–Kier alpha value is -2.42. The molecule has 1 aromatic carbocycles. The van der Waals surface area contributed by atoms with Crippen molar-refractivity contribution in [1.29, 1.82) is 0 Å². The number of aromatic nitrogens is 1. The van der Waals surface area contributed by atoms with E-state index in [1.54, 1.807) is 32.0 Å². The summed E-state index contributed by atoms with van der Waals surface area (Å²) in [7, 11) is 0. The molecule has 0 unspecified atom stereocenters. The van der Waals surface area contributed by atoms with Crippen LogP contribution in [0.25, 0.3) is 10.9 Å². The molecule has 0 radical (unpaired) electrons. The molecule has 9 heteroatoms. The van der Waals surface area contributed by atoms with Crippen LogP contribution in [-0.4, -0.2) is 43.6 Å². The van der Waals surface area contributed by atoms with E-state index >= 15 is 0 Å². The lowest BCUT2D eigenvalue weighted by atomic mass is 9.94. The van der Waals surface area contributed by atoms with Crippen LogP contribution in [0.15, 0.2) is 28.9 Å². The van der Waals surface area contributed by atoms with Crippen LogP contribution in [0.2, 0.25) is 0 Å². The summed E-state index contributed by atoms with van der Waals surface area (Å²) >= 11 is 3.37. The number of benzene rings is 1. The number of carboxylic acid groups (broad SMARTS) is 1. The molecule has 0 spiro atoms. The van der Waals surface area contributed by atoms with E-state index in [-0.39, 0.29) is 12.2 Å². The van der Waals surface area contributed by atoms with Crippen LogP contribution < -0.4 is 5.32 Å². The molecule has 146 valence electrons. The molecule has 8 nitrogen and oxygen atoms in total. The zero-order valence-corrected chi connectivity index (χ0v) is 17.5. The monoisotopic (exact) mass is 438 g/mol. The van der Waals surface area contributed by atoms with E-state index in [4.69, 9.17) is 0 Å². The minimum absolute atomic E-state index is 0.154. The highest BCUT2D eigenvalue weighted by Crippen LogP contribution is 2.34. The lowest BCUT2D eigenvalue weighted by Crippen LogP contribution is -2.59. The van der Waals surface area contributed by atoms with Gasteiger partial charge in [-0.15, -0.1) is 0 Å². The molecule has 0 bridgehead atoms. The van der Waals surface area contributed by atoms with E-state index in [9.17, 15) is 20.0 Å². The zero-order valence-electron chi connectivity index (χ0n) is 15.9. The van der Waals surface area contributed by atoms with E-state index in [0.717, 1.165) is 4.47 Å². The predicted octanol–water partition coefficient (Wildman–Crippen LogP) is 4.87. The second-order valence-corrected chi connectivity index (χ2v) is 8.81. The first-order valence-corrected chi connectivity index (χ1v) is 9.13. The Morgan fingerprint density at radius 2 is 1.96 bits per heavy atom. The second-order valence-electron chi connectivity index (χ2n) is 7.89. The van der Waals surface area contributed by atoms with Crippen LogP contribution >= 0.6 is 15.9 Å². The highest BCUT2D eigenvalue weighted by molar-refractivity contribution is 9.10. The SMILES string of the molecule is CC(C)(C)N(C(=O)O)C(C)(C)CNc1c([N+](=O)[O-])cnc2cc(Br)ccc12. The van der Waals surface area contributed by atoms with Crippen molar-refractivity contribution in [3.05, 3.63) is 39.0 Å². The van der Waals surface area contributed by atoms with Gasteiger partial charge in [-0.25, -0.2) is 9.78 Å². The number of rotatable bonds is 5. The van der Waals surface area contributed by atoms with Gasteiger partial charge in [-0.3, -0.25) is 15.0 Å². The molecular weight excluding hydrogens is 416 g/mol. The van der Waals surface area contributed by atoms with Gasteiger partial charge < -0.3 is 10.4 Å². The van der Waals surface area contributed by atoms with Gasteiger partial charge in [0.25, 0.3) is 0 Å². The highest BCUT2D eigenvalue weighted by atomic mass is 79.9. The third-order valence-corrected chi connectivity index (χ3v) is 4.67. The molecular formula is C18H23BrN4O4. The van der Waals surface area contributed by atoms with Crippen molar-refractivity contribution < 1.29 is 14.8 Å². The Morgan fingerprint density at radius 3 is 2.48 bits per heavy atom. The maximum Gasteiger partial charge on any atom is 0.408 e. The van der Waals surface area contributed by atoms with Crippen LogP contribution in [-0.2, 0) is 0 Å². The van der Waals surface area contributed by atoms with Gasteiger partial charge in [0.2, 0.25) is 0 Å². The lowest BCUT2D eigenvalue weighted by Gasteiger charge is -2.45. The van der Waals surface area contributed by atoms with E-state index in [0.29, 0.717) is 16.6 Å². The number of nitro groups is 1. The fraction of sp³-hybridized carbons (Fsp3) is 0.444. The van der Waals surface area contributed by atoms with E-state index in [1.807, 2.05) is 20.8 Å². The average Bonchev–Trinajstić information content (AvgIpc) is 2.49. The van der Waals surface area contributed by atoms with Gasteiger partial charge in [-0.2, -0.15) is 0 Å². The number of pyridine rings is 1. The smallest absolute Gasteiger partial charge is 0.408 e. The molecule has 27 heavy (non-hydrogen) atoms. The first-order chi connectivity index (χ1) is 12.3. The van der Waals surface area contributed by atoms with Gasteiger partial charge in [-0.05, 0) is 52.8 Å². The Balaban J connectivity index is 2.47. The zero-order chi connectivity index (χ0) is 20.6. The molecule has 0 aliphatic carbocycles. The van der Waals surface area contributed by atoms with Crippen LogP contribution in [0.4, 0.5) is 16.2 Å². The molecule has 0 atom stereocenters. The summed E-state index contributed by atoms with van der Waals surface area (Å²) in [5, 5.41) is 24.8. The standard InChI is InChI=1S/C18H23BrN4O4/c1-17(2,3)22(16(24)25)18(4,5)10-21-15-12-7-6-11(19)8-13(12)20-9-14(15)23(26)27/h6-9H,10H2,1-5H3,(H,20,21)(H,24,25).